The summed E-state index contributed by atoms with van der Waals surface area (Å²) in [5.74, 6) is 0.648. The Morgan fingerprint density at radius 3 is 2.29 bits per heavy atom. The number of carbonyl (C=O) groups is 1. The van der Waals surface area contributed by atoms with Gasteiger partial charge in [-0.1, -0.05) is 30.3 Å². The third-order valence-electron chi connectivity index (χ3n) is 5.36. The predicted molar refractivity (Wildman–Crippen MR) is 123 cm³/mol. The number of anilines is 1. The third-order valence-corrected chi connectivity index (χ3v) is 5.36. The molecule has 1 aliphatic rings. The standard InChI is InChI=1S/C24H32BNO5/c1-22(2,3)29-21(27)26-19-12-9-13-20(15-19)28-16-17-10-8-11-18(14-17)25-30-23(4,5)24(6,7)31-25/h8-15H,16H2,1-7H3,(H,26,27). The SMILES string of the molecule is CC(C)(C)OC(=O)Nc1cccc(OCc2cccc(B3OC(C)(C)C(C)(C)O3)c2)c1. The van der Waals surface area contributed by atoms with Crippen molar-refractivity contribution in [3.63, 3.8) is 0 Å². The lowest BCUT2D eigenvalue weighted by Gasteiger charge is -2.32. The Labute approximate surface area is 185 Å². The normalized spacial score (nSPS) is 17.3. The number of hydrogen-bond donors (Lipinski definition) is 1. The number of amides is 1. The van der Waals surface area contributed by atoms with Crippen LogP contribution in [0, 0.1) is 0 Å². The van der Waals surface area contributed by atoms with Crippen LogP contribution in [0.2, 0.25) is 0 Å². The van der Waals surface area contributed by atoms with Crippen molar-refractivity contribution < 1.29 is 23.6 Å². The lowest BCUT2D eigenvalue weighted by Crippen LogP contribution is -2.41. The average molecular weight is 425 g/mol. The van der Waals surface area contributed by atoms with E-state index in [0.29, 0.717) is 18.0 Å². The summed E-state index contributed by atoms with van der Waals surface area (Å²) in [7, 11) is -0.411. The smallest absolute Gasteiger partial charge is 0.489 e. The van der Waals surface area contributed by atoms with Gasteiger partial charge in [-0.3, -0.25) is 5.32 Å². The van der Waals surface area contributed by atoms with Crippen LogP contribution >= 0.6 is 0 Å². The molecule has 0 unspecified atom stereocenters. The minimum atomic E-state index is -0.555. The van der Waals surface area contributed by atoms with Crippen LogP contribution in [0.25, 0.3) is 0 Å². The van der Waals surface area contributed by atoms with E-state index in [4.69, 9.17) is 18.8 Å². The van der Waals surface area contributed by atoms with Gasteiger partial charge in [0.1, 0.15) is 18.0 Å². The molecule has 0 atom stereocenters. The predicted octanol–water partition coefficient (Wildman–Crippen LogP) is 4.91. The zero-order valence-corrected chi connectivity index (χ0v) is 19.4. The summed E-state index contributed by atoms with van der Waals surface area (Å²) in [6.45, 7) is 14.0. The van der Waals surface area contributed by atoms with E-state index in [1.165, 1.54) is 0 Å². The zero-order chi connectivity index (χ0) is 22.9. The average Bonchev–Trinajstić information content (AvgIpc) is 2.86. The maximum atomic E-state index is 12.0. The summed E-state index contributed by atoms with van der Waals surface area (Å²) in [5.41, 5.74) is 1.24. The molecule has 6 nitrogen and oxygen atoms in total. The topological polar surface area (TPSA) is 66.0 Å². The summed E-state index contributed by atoms with van der Waals surface area (Å²) in [6, 6.07) is 15.2. The van der Waals surface area contributed by atoms with Gasteiger partial charge in [0.05, 0.1) is 11.2 Å². The van der Waals surface area contributed by atoms with Gasteiger partial charge in [0, 0.05) is 11.8 Å². The Balaban J connectivity index is 1.62. The Morgan fingerprint density at radius 2 is 1.65 bits per heavy atom. The van der Waals surface area contributed by atoms with E-state index in [9.17, 15) is 4.79 Å². The molecule has 1 N–H and O–H groups in total. The van der Waals surface area contributed by atoms with Crippen LogP contribution in [-0.4, -0.2) is 30.0 Å². The molecule has 1 aliphatic heterocycles. The molecule has 1 saturated heterocycles. The van der Waals surface area contributed by atoms with E-state index in [-0.39, 0.29) is 11.2 Å². The second-order valence-electron chi connectivity index (χ2n) is 9.78. The summed E-state index contributed by atoms with van der Waals surface area (Å²) in [4.78, 5) is 12.0. The molecule has 0 aliphatic carbocycles. The van der Waals surface area contributed by atoms with Gasteiger partial charge in [0.25, 0.3) is 0 Å². The van der Waals surface area contributed by atoms with E-state index in [1.54, 1.807) is 12.1 Å². The Bertz CT molecular complexity index is 920. The Hall–Kier alpha value is -2.51. The number of carbonyl (C=O) groups excluding carboxylic acids is 1. The molecule has 31 heavy (non-hydrogen) atoms. The highest BCUT2D eigenvalue weighted by atomic mass is 16.7. The summed E-state index contributed by atoms with van der Waals surface area (Å²) >= 11 is 0. The lowest BCUT2D eigenvalue weighted by atomic mass is 9.78. The number of benzene rings is 2. The van der Waals surface area contributed by atoms with E-state index in [2.05, 4.69) is 5.32 Å². The first-order valence-corrected chi connectivity index (χ1v) is 10.5. The maximum Gasteiger partial charge on any atom is 0.494 e. The molecule has 1 heterocycles. The molecule has 0 aromatic heterocycles. The molecule has 2 aromatic rings. The lowest BCUT2D eigenvalue weighted by molar-refractivity contribution is 0.00578. The third kappa shape index (κ3) is 6.02. The number of rotatable bonds is 5. The largest absolute Gasteiger partial charge is 0.494 e. The van der Waals surface area contributed by atoms with Crippen LogP contribution in [0.4, 0.5) is 10.5 Å². The number of nitrogens with one attached hydrogen (secondary N) is 1. The molecular formula is C24H32BNO5. The fourth-order valence-electron chi connectivity index (χ4n) is 3.06. The first-order chi connectivity index (χ1) is 14.3. The van der Waals surface area contributed by atoms with Gasteiger partial charge in [-0.15, -0.1) is 0 Å². The van der Waals surface area contributed by atoms with Crippen molar-refractivity contribution in [2.75, 3.05) is 5.32 Å². The van der Waals surface area contributed by atoms with Gasteiger partial charge in [0.2, 0.25) is 0 Å². The molecule has 0 bridgehead atoms. The quantitative estimate of drug-likeness (QED) is 0.690. The van der Waals surface area contributed by atoms with Gasteiger partial charge in [-0.05, 0) is 71.6 Å². The first-order valence-electron chi connectivity index (χ1n) is 10.5. The second-order valence-corrected chi connectivity index (χ2v) is 9.78. The van der Waals surface area contributed by atoms with Gasteiger partial charge in [0.15, 0.2) is 0 Å². The molecule has 1 fully saturated rings. The van der Waals surface area contributed by atoms with Gasteiger partial charge >= 0.3 is 13.2 Å². The van der Waals surface area contributed by atoms with Crippen molar-refractivity contribution >= 4 is 24.4 Å². The van der Waals surface area contributed by atoms with Crippen LogP contribution in [0.1, 0.15) is 54.0 Å². The van der Waals surface area contributed by atoms with Gasteiger partial charge in [-0.2, -0.15) is 0 Å². The van der Waals surface area contributed by atoms with Crippen LogP contribution < -0.4 is 15.5 Å². The molecule has 166 valence electrons. The fraction of sp³-hybridized carbons (Fsp3) is 0.458. The highest BCUT2D eigenvalue weighted by molar-refractivity contribution is 6.62. The number of hydrogen-bond acceptors (Lipinski definition) is 5. The Morgan fingerprint density at radius 1 is 1.00 bits per heavy atom. The molecule has 0 saturated carbocycles. The van der Waals surface area contributed by atoms with Crippen molar-refractivity contribution in [3.8, 4) is 5.75 Å². The summed E-state index contributed by atoms with van der Waals surface area (Å²) in [5, 5.41) is 2.72. The monoisotopic (exact) mass is 425 g/mol. The van der Waals surface area contributed by atoms with Crippen molar-refractivity contribution in [1.29, 1.82) is 0 Å². The minimum absolute atomic E-state index is 0.378. The van der Waals surface area contributed by atoms with Crippen LogP contribution in [0.15, 0.2) is 48.5 Å². The zero-order valence-electron chi connectivity index (χ0n) is 19.4. The van der Waals surface area contributed by atoms with Gasteiger partial charge in [-0.25, -0.2) is 4.79 Å². The molecule has 7 heteroatoms. The Kier molecular flexibility index (Phi) is 6.39. The molecule has 0 spiro atoms. The highest BCUT2D eigenvalue weighted by Crippen LogP contribution is 2.36. The van der Waals surface area contributed by atoms with E-state index < -0.39 is 18.8 Å². The fourth-order valence-corrected chi connectivity index (χ4v) is 3.06. The molecule has 2 aromatic carbocycles. The van der Waals surface area contributed by atoms with Crippen molar-refractivity contribution in [2.24, 2.45) is 0 Å². The molecule has 1 amide bonds. The maximum absolute atomic E-state index is 12.0. The van der Waals surface area contributed by atoms with Crippen molar-refractivity contribution in [1.82, 2.24) is 0 Å². The number of ether oxygens (including phenoxy) is 2. The van der Waals surface area contributed by atoms with Crippen molar-refractivity contribution in [3.05, 3.63) is 54.1 Å². The molecule has 0 radical (unpaired) electrons. The van der Waals surface area contributed by atoms with Crippen molar-refractivity contribution in [2.45, 2.75) is 71.9 Å². The second kappa shape index (κ2) is 8.56. The van der Waals surface area contributed by atoms with E-state index in [1.807, 2.05) is 84.9 Å². The highest BCUT2D eigenvalue weighted by Gasteiger charge is 2.51. The van der Waals surface area contributed by atoms with Gasteiger partial charge < -0.3 is 18.8 Å². The van der Waals surface area contributed by atoms with Crippen LogP contribution in [0.3, 0.4) is 0 Å². The summed E-state index contributed by atoms with van der Waals surface area (Å²) < 4.78 is 23.5. The molecule has 3 rings (SSSR count). The molecular weight excluding hydrogens is 393 g/mol. The first kappa shape index (κ1) is 23.2. The van der Waals surface area contributed by atoms with Crippen LogP contribution in [0.5, 0.6) is 5.75 Å². The van der Waals surface area contributed by atoms with E-state index in [0.717, 1.165) is 11.0 Å². The minimum Gasteiger partial charge on any atom is -0.489 e. The summed E-state index contributed by atoms with van der Waals surface area (Å²) in [6.07, 6.45) is -0.500. The van der Waals surface area contributed by atoms with Crippen LogP contribution in [-0.2, 0) is 20.7 Å². The van der Waals surface area contributed by atoms with E-state index >= 15 is 0 Å².